The van der Waals surface area contributed by atoms with Crippen molar-refractivity contribution < 1.29 is 14.3 Å². The number of methoxy groups -OCH3 is 2. The molecule has 0 aliphatic heterocycles. The van der Waals surface area contributed by atoms with Crippen LogP contribution in [0.3, 0.4) is 0 Å². The zero-order valence-electron chi connectivity index (χ0n) is 13.9. The fraction of sp³-hybridized carbons (Fsp3) is 0.105. The van der Waals surface area contributed by atoms with Crippen LogP contribution in [0.5, 0.6) is 11.5 Å². The molecule has 2 aromatic carbocycles. The van der Waals surface area contributed by atoms with E-state index in [1.54, 1.807) is 37.4 Å². The van der Waals surface area contributed by atoms with Crippen LogP contribution in [0.1, 0.15) is 15.9 Å². The number of nitrogens with zero attached hydrogens (tertiary/aromatic N) is 2. The van der Waals surface area contributed by atoms with Gasteiger partial charge in [-0.15, -0.1) is 0 Å². The Morgan fingerprint density at radius 1 is 0.920 bits per heavy atom. The fourth-order valence-electron chi connectivity index (χ4n) is 2.58. The standard InChI is InChI=1S/C19H17N3O3/c1-24-15-9-5-3-7-12(15)17-14(11-21-19(20)22-17)18(23)13-8-4-6-10-16(13)25-2/h3-11H,1-2H3,(H2,20,21,22). The number of anilines is 1. The van der Waals surface area contributed by atoms with Crippen molar-refractivity contribution in [2.24, 2.45) is 0 Å². The summed E-state index contributed by atoms with van der Waals surface area (Å²) in [6, 6.07) is 14.3. The van der Waals surface area contributed by atoms with Gasteiger partial charge in [-0.05, 0) is 24.3 Å². The molecule has 6 nitrogen and oxygen atoms in total. The number of benzene rings is 2. The van der Waals surface area contributed by atoms with Crippen molar-refractivity contribution in [3.05, 3.63) is 65.9 Å². The summed E-state index contributed by atoms with van der Waals surface area (Å²) in [5.41, 5.74) is 7.58. The number of hydrogen-bond acceptors (Lipinski definition) is 6. The van der Waals surface area contributed by atoms with E-state index in [-0.39, 0.29) is 11.7 Å². The van der Waals surface area contributed by atoms with Crippen molar-refractivity contribution in [2.45, 2.75) is 0 Å². The molecule has 1 heterocycles. The Morgan fingerprint density at radius 2 is 1.56 bits per heavy atom. The lowest BCUT2D eigenvalue weighted by Crippen LogP contribution is -2.09. The third-order valence-corrected chi connectivity index (χ3v) is 3.77. The fourth-order valence-corrected chi connectivity index (χ4v) is 2.58. The predicted molar refractivity (Wildman–Crippen MR) is 94.9 cm³/mol. The maximum atomic E-state index is 13.1. The van der Waals surface area contributed by atoms with Crippen LogP contribution >= 0.6 is 0 Å². The molecule has 3 aromatic rings. The number of ether oxygens (including phenoxy) is 2. The van der Waals surface area contributed by atoms with Crippen molar-refractivity contribution in [3.63, 3.8) is 0 Å². The van der Waals surface area contributed by atoms with Gasteiger partial charge in [0.15, 0.2) is 0 Å². The van der Waals surface area contributed by atoms with Crippen LogP contribution in [0.15, 0.2) is 54.7 Å². The number of nitrogen functional groups attached to an aromatic ring is 1. The molecule has 0 fully saturated rings. The van der Waals surface area contributed by atoms with E-state index in [1.807, 2.05) is 18.2 Å². The summed E-state index contributed by atoms with van der Waals surface area (Å²) in [7, 11) is 3.08. The molecule has 0 aliphatic carbocycles. The van der Waals surface area contributed by atoms with E-state index >= 15 is 0 Å². The van der Waals surface area contributed by atoms with Gasteiger partial charge in [0.05, 0.1) is 31.0 Å². The third-order valence-electron chi connectivity index (χ3n) is 3.77. The number of aromatic nitrogens is 2. The van der Waals surface area contributed by atoms with E-state index in [4.69, 9.17) is 15.2 Å². The van der Waals surface area contributed by atoms with Crippen molar-refractivity contribution in [2.75, 3.05) is 20.0 Å². The minimum absolute atomic E-state index is 0.0810. The van der Waals surface area contributed by atoms with Crippen molar-refractivity contribution in [1.29, 1.82) is 0 Å². The highest BCUT2D eigenvalue weighted by atomic mass is 16.5. The highest BCUT2D eigenvalue weighted by molar-refractivity contribution is 6.13. The molecule has 1 aromatic heterocycles. The molecule has 0 saturated heterocycles. The summed E-state index contributed by atoms with van der Waals surface area (Å²) >= 11 is 0. The second-order valence-corrected chi connectivity index (χ2v) is 5.22. The van der Waals surface area contributed by atoms with Crippen LogP contribution in [0.25, 0.3) is 11.3 Å². The molecule has 25 heavy (non-hydrogen) atoms. The van der Waals surface area contributed by atoms with Gasteiger partial charge < -0.3 is 15.2 Å². The summed E-state index contributed by atoms with van der Waals surface area (Å²) in [5, 5.41) is 0. The van der Waals surface area contributed by atoms with E-state index in [9.17, 15) is 4.79 Å². The van der Waals surface area contributed by atoms with E-state index in [0.29, 0.717) is 33.9 Å². The Balaban J connectivity index is 2.19. The maximum absolute atomic E-state index is 13.1. The van der Waals surface area contributed by atoms with E-state index < -0.39 is 0 Å². The summed E-state index contributed by atoms with van der Waals surface area (Å²) in [4.78, 5) is 21.4. The van der Waals surface area contributed by atoms with Gasteiger partial charge in [-0.1, -0.05) is 24.3 Å². The number of hydrogen-bond donors (Lipinski definition) is 1. The summed E-state index contributed by atoms with van der Waals surface area (Å²) in [5.74, 6) is 0.904. The number of carbonyl (C=O) groups is 1. The molecule has 0 bridgehead atoms. The molecule has 0 amide bonds. The first kappa shape index (κ1) is 16.4. The quantitative estimate of drug-likeness (QED) is 0.721. The number of para-hydroxylation sites is 2. The summed E-state index contributed by atoms with van der Waals surface area (Å²) < 4.78 is 10.7. The average Bonchev–Trinajstić information content (AvgIpc) is 2.67. The molecule has 3 rings (SSSR count). The van der Waals surface area contributed by atoms with Crippen LogP contribution in [0, 0.1) is 0 Å². The van der Waals surface area contributed by atoms with Gasteiger partial charge in [-0.3, -0.25) is 4.79 Å². The number of nitrogens with two attached hydrogens (primary N) is 1. The Kier molecular flexibility index (Phi) is 4.61. The first-order chi connectivity index (χ1) is 12.2. The third kappa shape index (κ3) is 3.14. The van der Waals surface area contributed by atoms with Crippen LogP contribution < -0.4 is 15.2 Å². The largest absolute Gasteiger partial charge is 0.496 e. The Bertz CT molecular complexity index is 925. The van der Waals surface area contributed by atoms with Crippen molar-refractivity contribution in [3.8, 4) is 22.8 Å². The van der Waals surface area contributed by atoms with Gasteiger partial charge in [0, 0.05) is 11.8 Å². The molecule has 0 aliphatic rings. The van der Waals surface area contributed by atoms with Crippen LogP contribution in [0.4, 0.5) is 5.95 Å². The van der Waals surface area contributed by atoms with Gasteiger partial charge in [0.2, 0.25) is 11.7 Å². The molecular formula is C19H17N3O3. The summed E-state index contributed by atoms with van der Waals surface area (Å²) in [6.07, 6.45) is 1.43. The first-order valence-electron chi connectivity index (χ1n) is 7.59. The Morgan fingerprint density at radius 3 is 2.28 bits per heavy atom. The molecule has 0 radical (unpaired) electrons. The highest BCUT2D eigenvalue weighted by Gasteiger charge is 2.21. The number of ketones is 1. The highest BCUT2D eigenvalue weighted by Crippen LogP contribution is 2.33. The smallest absolute Gasteiger partial charge is 0.220 e. The minimum atomic E-state index is -0.252. The van der Waals surface area contributed by atoms with Gasteiger partial charge >= 0.3 is 0 Å². The Labute approximate surface area is 145 Å². The van der Waals surface area contributed by atoms with Crippen LogP contribution in [0.2, 0.25) is 0 Å². The minimum Gasteiger partial charge on any atom is -0.496 e. The van der Waals surface area contributed by atoms with Crippen molar-refractivity contribution in [1.82, 2.24) is 9.97 Å². The second-order valence-electron chi connectivity index (χ2n) is 5.22. The number of rotatable bonds is 5. The second kappa shape index (κ2) is 7.00. The molecular weight excluding hydrogens is 318 g/mol. The SMILES string of the molecule is COc1ccccc1C(=O)c1cnc(N)nc1-c1ccccc1OC. The predicted octanol–water partition coefficient (Wildman–Crippen LogP) is 2.97. The van der Waals surface area contributed by atoms with Crippen LogP contribution in [-0.4, -0.2) is 30.0 Å². The van der Waals surface area contributed by atoms with Gasteiger partial charge in [0.1, 0.15) is 11.5 Å². The molecule has 6 heteroatoms. The van der Waals surface area contributed by atoms with Gasteiger partial charge in [-0.2, -0.15) is 0 Å². The Hall–Kier alpha value is -3.41. The van der Waals surface area contributed by atoms with E-state index in [1.165, 1.54) is 13.3 Å². The molecule has 2 N–H and O–H groups in total. The number of carbonyl (C=O) groups excluding carboxylic acids is 1. The van der Waals surface area contributed by atoms with Gasteiger partial charge in [0.25, 0.3) is 0 Å². The normalized spacial score (nSPS) is 10.3. The molecule has 0 saturated carbocycles. The van der Waals surface area contributed by atoms with Gasteiger partial charge in [-0.25, -0.2) is 9.97 Å². The monoisotopic (exact) mass is 335 g/mol. The molecule has 0 atom stereocenters. The average molecular weight is 335 g/mol. The van der Waals surface area contributed by atoms with E-state index in [0.717, 1.165) is 0 Å². The molecule has 0 spiro atoms. The molecule has 126 valence electrons. The zero-order valence-corrected chi connectivity index (χ0v) is 13.9. The lowest BCUT2D eigenvalue weighted by molar-refractivity contribution is 0.103. The van der Waals surface area contributed by atoms with Crippen molar-refractivity contribution >= 4 is 11.7 Å². The zero-order chi connectivity index (χ0) is 17.8. The molecule has 0 unspecified atom stereocenters. The maximum Gasteiger partial charge on any atom is 0.220 e. The topological polar surface area (TPSA) is 87.3 Å². The lowest BCUT2D eigenvalue weighted by atomic mass is 9.98. The van der Waals surface area contributed by atoms with E-state index in [2.05, 4.69) is 9.97 Å². The van der Waals surface area contributed by atoms with Crippen LogP contribution in [-0.2, 0) is 0 Å². The summed E-state index contributed by atoms with van der Waals surface area (Å²) in [6.45, 7) is 0. The lowest BCUT2D eigenvalue weighted by Gasteiger charge is -2.13. The first-order valence-corrected chi connectivity index (χ1v) is 7.59.